The number of benzene rings is 2. The van der Waals surface area contributed by atoms with E-state index in [4.69, 9.17) is 9.26 Å². The zero-order valence-electron chi connectivity index (χ0n) is 16.5. The first-order valence-electron chi connectivity index (χ1n) is 9.75. The molecule has 0 spiro atoms. The summed E-state index contributed by atoms with van der Waals surface area (Å²) in [5.41, 5.74) is 3.64. The molecule has 0 atom stereocenters. The van der Waals surface area contributed by atoms with E-state index in [1.165, 1.54) is 17.7 Å². The highest BCUT2D eigenvalue weighted by Gasteiger charge is 2.27. The molecule has 0 bridgehead atoms. The first-order chi connectivity index (χ1) is 14.0. The Hall–Kier alpha value is -3.15. The van der Waals surface area contributed by atoms with E-state index in [1.807, 2.05) is 24.3 Å². The van der Waals surface area contributed by atoms with Crippen molar-refractivity contribution in [2.24, 2.45) is 0 Å². The van der Waals surface area contributed by atoms with Crippen LogP contribution in [0.25, 0.3) is 11.3 Å². The average Bonchev–Trinajstić information content (AvgIpc) is 3.16. The molecular formula is C23H23FN2O3. The lowest BCUT2D eigenvalue weighted by Crippen LogP contribution is -2.38. The molecule has 2 aromatic carbocycles. The maximum atomic E-state index is 13.2. The van der Waals surface area contributed by atoms with Gasteiger partial charge in [0.1, 0.15) is 11.6 Å². The molecular weight excluding hydrogens is 371 g/mol. The second kappa shape index (κ2) is 8.07. The fourth-order valence-electron chi connectivity index (χ4n) is 3.45. The Bertz CT molecular complexity index is 1010. The highest BCUT2D eigenvalue weighted by atomic mass is 19.1. The largest absolute Gasteiger partial charge is 0.484 e. The summed E-state index contributed by atoms with van der Waals surface area (Å²) in [4.78, 5) is 14.5. The minimum absolute atomic E-state index is 0.0198. The Morgan fingerprint density at radius 2 is 2.03 bits per heavy atom. The van der Waals surface area contributed by atoms with Crippen LogP contribution in [-0.2, 0) is 17.8 Å². The third-order valence-corrected chi connectivity index (χ3v) is 5.18. The molecule has 0 N–H and O–H groups in total. The molecule has 6 heteroatoms. The van der Waals surface area contributed by atoms with Crippen molar-refractivity contribution in [3.63, 3.8) is 0 Å². The zero-order valence-corrected chi connectivity index (χ0v) is 16.5. The number of carbonyl (C=O) groups is 1. The maximum Gasteiger partial charge on any atom is 0.260 e. The first kappa shape index (κ1) is 19.2. The maximum absolute atomic E-state index is 13.2. The quantitative estimate of drug-likeness (QED) is 0.636. The van der Waals surface area contributed by atoms with E-state index in [2.05, 4.69) is 19.0 Å². The first-order valence-corrected chi connectivity index (χ1v) is 9.75. The molecule has 1 amide bonds. The van der Waals surface area contributed by atoms with Gasteiger partial charge in [-0.3, -0.25) is 4.79 Å². The normalized spacial score (nSPS) is 13.4. The Morgan fingerprint density at radius 3 is 2.79 bits per heavy atom. The van der Waals surface area contributed by atoms with Gasteiger partial charge in [-0.05, 0) is 47.9 Å². The number of nitrogens with zero attached hydrogens (tertiary/aromatic N) is 2. The number of rotatable bonds is 5. The molecule has 2 heterocycles. The summed E-state index contributed by atoms with van der Waals surface area (Å²) in [6.45, 7) is 5.19. The third-order valence-electron chi connectivity index (χ3n) is 5.18. The van der Waals surface area contributed by atoms with Gasteiger partial charge in [0.05, 0.1) is 12.2 Å². The number of amides is 1. The molecule has 4 rings (SSSR count). The highest BCUT2D eigenvalue weighted by molar-refractivity contribution is 5.78. The van der Waals surface area contributed by atoms with Gasteiger partial charge >= 0.3 is 0 Å². The molecule has 1 aliphatic heterocycles. The van der Waals surface area contributed by atoms with Crippen LogP contribution in [0, 0.1) is 5.82 Å². The molecule has 150 valence electrons. The molecule has 0 saturated carbocycles. The molecule has 5 nitrogen and oxygen atoms in total. The second-order valence-electron chi connectivity index (χ2n) is 7.52. The van der Waals surface area contributed by atoms with Crippen LogP contribution in [0.4, 0.5) is 4.39 Å². The van der Waals surface area contributed by atoms with Crippen molar-refractivity contribution < 1.29 is 18.4 Å². The fraction of sp³-hybridized carbons (Fsp3) is 0.304. The topological polar surface area (TPSA) is 55.6 Å². The van der Waals surface area contributed by atoms with Crippen LogP contribution in [0.1, 0.15) is 36.6 Å². The van der Waals surface area contributed by atoms with Crippen LogP contribution in [-0.4, -0.2) is 29.1 Å². The molecule has 3 aromatic rings. The Balaban J connectivity index is 1.44. The van der Waals surface area contributed by atoms with Crippen molar-refractivity contribution in [2.45, 2.75) is 32.7 Å². The monoisotopic (exact) mass is 394 g/mol. The van der Waals surface area contributed by atoms with Gasteiger partial charge in [0, 0.05) is 24.1 Å². The predicted octanol–water partition coefficient (Wildman–Crippen LogP) is 4.57. The molecule has 0 saturated heterocycles. The van der Waals surface area contributed by atoms with E-state index in [-0.39, 0.29) is 18.3 Å². The van der Waals surface area contributed by atoms with Gasteiger partial charge in [-0.15, -0.1) is 0 Å². The van der Waals surface area contributed by atoms with Gasteiger partial charge in [-0.2, -0.15) is 0 Å². The summed E-state index contributed by atoms with van der Waals surface area (Å²) in [7, 11) is 0. The van der Waals surface area contributed by atoms with Gasteiger partial charge in [0.2, 0.25) is 0 Å². The summed E-state index contributed by atoms with van der Waals surface area (Å²) in [6.07, 6.45) is 0.620. The molecule has 29 heavy (non-hydrogen) atoms. The molecule has 1 aliphatic rings. The van der Waals surface area contributed by atoms with E-state index in [1.54, 1.807) is 17.0 Å². The third kappa shape index (κ3) is 4.16. The fourth-order valence-corrected chi connectivity index (χ4v) is 3.45. The Kier molecular flexibility index (Phi) is 5.34. The van der Waals surface area contributed by atoms with Gasteiger partial charge in [-0.1, -0.05) is 31.1 Å². The minimum Gasteiger partial charge on any atom is -0.484 e. The summed E-state index contributed by atoms with van der Waals surface area (Å²) in [5.74, 6) is 1.28. The summed E-state index contributed by atoms with van der Waals surface area (Å²) in [6, 6.07) is 13.9. The van der Waals surface area contributed by atoms with Gasteiger partial charge in [0.15, 0.2) is 12.4 Å². The molecule has 0 unspecified atom stereocenters. The highest BCUT2D eigenvalue weighted by Crippen LogP contribution is 2.30. The lowest BCUT2D eigenvalue weighted by atomic mass is 10.0. The number of aromatic nitrogens is 1. The lowest BCUT2D eigenvalue weighted by molar-refractivity contribution is -0.134. The summed E-state index contributed by atoms with van der Waals surface area (Å²) < 4.78 is 24.4. The summed E-state index contributed by atoms with van der Waals surface area (Å²) >= 11 is 0. The SMILES string of the molecule is CC(C)c1cccc(OCC(=O)N2CCc3noc(-c4ccc(F)cc4)c3C2)c1. The number of fused-ring (bicyclic) bond motifs is 1. The second-order valence-corrected chi connectivity index (χ2v) is 7.52. The van der Waals surface area contributed by atoms with Crippen LogP contribution in [0.15, 0.2) is 53.1 Å². The standard InChI is InChI=1S/C23H23FN2O3/c1-15(2)17-4-3-5-19(12-17)28-14-22(27)26-11-10-21-20(13-26)23(29-25-21)16-6-8-18(24)9-7-16/h3-9,12,15H,10-11,13-14H2,1-2H3. The van der Waals surface area contributed by atoms with E-state index in [0.29, 0.717) is 36.9 Å². The van der Waals surface area contributed by atoms with Crippen molar-refractivity contribution in [2.75, 3.05) is 13.2 Å². The number of ether oxygens (including phenoxy) is 1. The van der Waals surface area contributed by atoms with Crippen molar-refractivity contribution in [3.8, 4) is 17.1 Å². The van der Waals surface area contributed by atoms with E-state index in [0.717, 1.165) is 16.8 Å². The Morgan fingerprint density at radius 1 is 1.24 bits per heavy atom. The molecule has 1 aromatic heterocycles. The van der Waals surface area contributed by atoms with E-state index < -0.39 is 0 Å². The number of halogens is 1. The lowest BCUT2D eigenvalue weighted by Gasteiger charge is -2.26. The molecule has 0 aliphatic carbocycles. The van der Waals surface area contributed by atoms with Crippen LogP contribution in [0.2, 0.25) is 0 Å². The predicted molar refractivity (Wildman–Crippen MR) is 107 cm³/mol. The van der Waals surface area contributed by atoms with Gasteiger partial charge in [0.25, 0.3) is 5.91 Å². The van der Waals surface area contributed by atoms with Crippen LogP contribution in [0.5, 0.6) is 5.75 Å². The Labute approximate surface area is 169 Å². The van der Waals surface area contributed by atoms with Gasteiger partial charge in [-0.25, -0.2) is 4.39 Å². The van der Waals surface area contributed by atoms with Crippen LogP contribution >= 0.6 is 0 Å². The molecule has 0 radical (unpaired) electrons. The minimum atomic E-state index is -0.308. The van der Waals surface area contributed by atoms with Crippen molar-refractivity contribution in [1.29, 1.82) is 0 Å². The summed E-state index contributed by atoms with van der Waals surface area (Å²) in [5, 5.41) is 4.13. The number of carbonyl (C=O) groups excluding carboxylic acids is 1. The van der Waals surface area contributed by atoms with Gasteiger partial charge < -0.3 is 14.2 Å². The zero-order chi connectivity index (χ0) is 20.4. The smallest absolute Gasteiger partial charge is 0.260 e. The van der Waals surface area contributed by atoms with Crippen LogP contribution in [0.3, 0.4) is 0 Å². The van der Waals surface area contributed by atoms with E-state index >= 15 is 0 Å². The number of hydrogen-bond acceptors (Lipinski definition) is 4. The van der Waals surface area contributed by atoms with Crippen molar-refractivity contribution in [3.05, 3.63) is 71.2 Å². The van der Waals surface area contributed by atoms with Crippen molar-refractivity contribution in [1.82, 2.24) is 10.1 Å². The van der Waals surface area contributed by atoms with Crippen LogP contribution < -0.4 is 4.74 Å². The number of hydrogen-bond donors (Lipinski definition) is 0. The molecule has 0 fully saturated rings. The average molecular weight is 394 g/mol. The van der Waals surface area contributed by atoms with Crippen molar-refractivity contribution >= 4 is 5.91 Å². The van der Waals surface area contributed by atoms with E-state index in [9.17, 15) is 9.18 Å².